The van der Waals surface area contributed by atoms with Crippen LogP contribution in [0.25, 0.3) is 0 Å². The monoisotopic (exact) mass is 269 g/mol. The fourth-order valence-corrected chi connectivity index (χ4v) is 2.94. The van der Waals surface area contributed by atoms with Crippen molar-refractivity contribution in [1.29, 1.82) is 0 Å². The van der Waals surface area contributed by atoms with Gasteiger partial charge in [-0.1, -0.05) is 0 Å². The minimum Gasteiger partial charge on any atom is -0.461 e. The number of hydrogen-bond acceptors (Lipinski definition) is 6. The van der Waals surface area contributed by atoms with Gasteiger partial charge in [-0.3, -0.25) is 4.90 Å². The molecule has 1 aromatic rings. The van der Waals surface area contributed by atoms with Gasteiger partial charge in [-0.05, 0) is 26.3 Å². The highest BCUT2D eigenvalue weighted by molar-refractivity contribution is 7.11. The van der Waals surface area contributed by atoms with E-state index in [0.717, 1.165) is 25.2 Å². The third kappa shape index (κ3) is 3.07. The Morgan fingerprint density at radius 1 is 1.72 bits per heavy atom. The lowest BCUT2D eigenvalue weighted by atomic mass is 10.2. The van der Waals surface area contributed by atoms with E-state index in [0.29, 0.717) is 24.2 Å². The van der Waals surface area contributed by atoms with Crippen molar-refractivity contribution in [3.05, 3.63) is 16.1 Å². The number of hydrogen-bond donors (Lipinski definition) is 1. The fourth-order valence-electron chi connectivity index (χ4n) is 2.24. The molecule has 2 rings (SSSR count). The summed E-state index contributed by atoms with van der Waals surface area (Å²) in [5.41, 5.74) is 6.67. The quantitative estimate of drug-likeness (QED) is 0.815. The second-order valence-corrected chi connectivity index (χ2v) is 5.22. The maximum absolute atomic E-state index is 11.5. The molecule has 1 unspecified atom stereocenters. The van der Waals surface area contributed by atoms with E-state index in [1.54, 1.807) is 6.92 Å². The topological polar surface area (TPSA) is 68.5 Å². The number of rotatable bonds is 5. The zero-order chi connectivity index (χ0) is 13.0. The summed E-state index contributed by atoms with van der Waals surface area (Å²) in [5, 5.41) is 2.37. The maximum atomic E-state index is 11.5. The van der Waals surface area contributed by atoms with E-state index in [4.69, 9.17) is 10.5 Å². The van der Waals surface area contributed by atoms with Crippen LogP contribution >= 0.6 is 11.3 Å². The first kappa shape index (κ1) is 13.5. The lowest BCUT2D eigenvalue weighted by Crippen LogP contribution is -2.34. The van der Waals surface area contributed by atoms with Gasteiger partial charge in [-0.15, -0.1) is 11.3 Å². The van der Waals surface area contributed by atoms with Crippen LogP contribution in [0.15, 0.2) is 5.38 Å². The standard InChI is InChI=1S/C12H19N3O2S/c1-2-17-12(16)11-14-9(8-18-11)7-15-5-3-4-10(15)6-13/h8,10H,2-7,13H2,1H3. The Bertz CT molecular complexity index is 408. The summed E-state index contributed by atoms with van der Waals surface area (Å²) in [6, 6.07) is 0.456. The molecule has 0 aliphatic carbocycles. The molecule has 1 aliphatic rings. The molecule has 1 aromatic heterocycles. The van der Waals surface area contributed by atoms with Crippen molar-refractivity contribution in [2.75, 3.05) is 19.7 Å². The van der Waals surface area contributed by atoms with Gasteiger partial charge in [0, 0.05) is 24.5 Å². The number of nitrogens with zero attached hydrogens (tertiary/aromatic N) is 2. The number of thiazole rings is 1. The molecule has 1 fully saturated rings. The van der Waals surface area contributed by atoms with Crippen LogP contribution in [0.4, 0.5) is 0 Å². The summed E-state index contributed by atoms with van der Waals surface area (Å²) in [5.74, 6) is -0.328. The summed E-state index contributed by atoms with van der Waals surface area (Å²) < 4.78 is 4.93. The number of carbonyl (C=O) groups is 1. The van der Waals surface area contributed by atoms with E-state index >= 15 is 0 Å². The summed E-state index contributed by atoms with van der Waals surface area (Å²) in [4.78, 5) is 18.2. The minimum absolute atomic E-state index is 0.328. The molecule has 2 N–H and O–H groups in total. The van der Waals surface area contributed by atoms with E-state index in [-0.39, 0.29) is 5.97 Å². The van der Waals surface area contributed by atoms with Gasteiger partial charge in [0.15, 0.2) is 0 Å². The Morgan fingerprint density at radius 2 is 2.56 bits per heavy atom. The van der Waals surface area contributed by atoms with Crippen molar-refractivity contribution in [1.82, 2.24) is 9.88 Å². The van der Waals surface area contributed by atoms with E-state index in [1.807, 2.05) is 5.38 Å². The van der Waals surface area contributed by atoms with Crippen LogP contribution in [0.2, 0.25) is 0 Å². The number of ether oxygens (including phenoxy) is 1. The Balaban J connectivity index is 1.96. The van der Waals surface area contributed by atoms with Crippen LogP contribution in [-0.2, 0) is 11.3 Å². The molecule has 1 aliphatic heterocycles. The Morgan fingerprint density at radius 3 is 3.28 bits per heavy atom. The Labute approximate surface area is 111 Å². The fraction of sp³-hybridized carbons (Fsp3) is 0.667. The number of esters is 1. The Hall–Kier alpha value is -0.980. The van der Waals surface area contributed by atoms with Gasteiger partial charge in [0.05, 0.1) is 12.3 Å². The highest BCUT2D eigenvalue weighted by Crippen LogP contribution is 2.20. The number of carbonyl (C=O) groups excluding carboxylic acids is 1. The van der Waals surface area contributed by atoms with E-state index in [1.165, 1.54) is 17.8 Å². The highest BCUT2D eigenvalue weighted by atomic mass is 32.1. The average Bonchev–Trinajstić information content (AvgIpc) is 2.99. The molecule has 0 amide bonds. The number of likely N-dealkylation sites (tertiary alicyclic amines) is 1. The number of aromatic nitrogens is 1. The lowest BCUT2D eigenvalue weighted by molar-refractivity contribution is 0.0525. The van der Waals surface area contributed by atoms with E-state index in [9.17, 15) is 4.79 Å². The summed E-state index contributed by atoms with van der Waals surface area (Å²) in [6.45, 7) is 4.71. The zero-order valence-corrected chi connectivity index (χ0v) is 11.4. The van der Waals surface area contributed by atoms with Crippen molar-refractivity contribution in [3.63, 3.8) is 0 Å². The first-order valence-electron chi connectivity index (χ1n) is 6.30. The van der Waals surface area contributed by atoms with Crippen LogP contribution in [-0.4, -0.2) is 41.6 Å². The molecule has 0 aromatic carbocycles. The van der Waals surface area contributed by atoms with Crippen molar-refractivity contribution < 1.29 is 9.53 Å². The first-order valence-corrected chi connectivity index (χ1v) is 7.18. The second kappa shape index (κ2) is 6.26. The smallest absolute Gasteiger partial charge is 0.367 e. The maximum Gasteiger partial charge on any atom is 0.367 e. The minimum atomic E-state index is -0.328. The first-order chi connectivity index (χ1) is 8.74. The van der Waals surface area contributed by atoms with Crippen LogP contribution in [0.1, 0.15) is 35.3 Å². The molecule has 1 saturated heterocycles. The zero-order valence-electron chi connectivity index (χ0n) is 10.6. The van der Waals surface area contributed by atoms with Crippen LogP contribution in [0.3, 0.4) is 0 Å². The van der Waals surface area contributed by atoms with Gasteiger partial charge in [0.25, 0.3) is 0 Å². The molecule has 0 radical (unpaired) electrons. The van der Waals surface area contributed by atoms with Gasteiger partial charge in [-0.2, -0.15) is 0 Å². The molecular weight excluding hydrogens is 250 g/mol. The third-order valence-electron chi connectivity index (χ3n) is 3.14. The van der Waals surface area contributed by atoms with Gasteiger partial charge >= 0.3 is 5.97 Å². The molecule has 0 saturated carbocycles. The van der Waals surface area contributed by atoms with Crippen LogP contribution < -0.4 is 5.73 Å². The third-order valence-corrected chi connectivity index (χ3v) is 4.01. The van der Waals surface area contributed by atoms with Crippen LogP contribution in [0.5, 0.6) is 0 Å². The lowest BCUT2D eigenvalue weighted by Gasteiger charge is -2.21. The highest BCUT2D eigenvalue weighted by Gasteiger charge is 2.24. The average molecular weight is 269 g/mol. The molecule has 2 heterocycles. The van der Waals surface area contributed by atoms with Gasteiger partial charge in [0.2, 0.25) is 5.01 Å². The van der Waals surface area contributed by atoms with Crippen molar-refractivity contribution in [2.45, 2.75) is 32.4 Å². The predicted molar refractivity (Wildman–Crippen MR) is 70.6 cm³/mol. The molecule has 100 valence electrons. The van der Waals surface area contributed by atoms with Crippen molar-refractivity contribution in [3.8, 4) is 0 Å². The SMILES string of the molecule is CCOC(=O)c1nc(CN2CCCC2CN)cs1. The van der Waals surface area contributed by atoms with Crippen molar-refractivity contribution >= 4 is 17.3 Å². The largest absolute Gasteiger partial charge is 0.461 e. The molecule has 18 heavy (non-hydrogen) atoms. The van der Waals surface area contributed by atoms with Gasteiger partial charge in [-0.25, -0.2) is 9.78 Å². The molecule has 0 spiro atoms. The summed E-state index contributed by atoms with van der Waals surface area (Å²) in [7, 11) is 0. The van der Waals surface area contributed by atoms with Crippen molar-refractivity contribution in [2.24, 2.45) is 5.73 Å². The van der Waals surface area contributed by atoms with Gasteiger partial charge in [0.1, 0.15) is 0 Å². The molecule has 1 atom stereocenters. The summed E-state index contributed by atoms with van der Waals surface area (Å²) in [6.07, 6.45) is 2.35. The molecule has 5 nitrogen and oxygen atoms in total. The van der Waals surface area contributed by atoms with E-state index < -0.39 is 0 Å². The summed E-state index contributed by atoms with van der Waals surface area (Å²) >= 11 is 1.35. The second-order valence-electron chi connectivity index (χ2n) is 4.37. The predicted octanol–water partition coefficient (Wildman–Crippen LogP) is 1.24. The molecule has 0 bridgehead atoms. The normalized spacial score (nSPS) is 20.2. The van der Waals surface area contributed by atoms with Crippen LogP contribution in [0, 0.1) is 0 Å². The Kier molecular flexibility index (Phi) is 4.68. The molecule has 6 heteroatoms. The van der Waals surface area contributed by atoms with E-state index in [2.05, 4.69) is 9.88 Å². The number of nitrogens with two attached hydrogens (primary N) is 1. The molecular formula is C12H19N3O2S. The van der Waals surface area contributed by atoms with Gasteiger partial charge < -0.3 is 10.5 Å².